The lowest BCUT2D eigenvalue weighted by atomic mass is 10.1. The second-order valence-corrected chi connectivity index (χ2v) is 10.7. The monoisotopic (exact) mass is 494 g/mol. The van der Waals surface area contributed by atoms with Crippen LogP contribution in [-0.2, 0) is 21.9 Å². The van der Waals surface area contributed by atoms with E-state index in [0.717, 1.165) is 11.3 Å². The van der Waals surface area contributed by atoms with Gasteiger partial charge < -0.3 is 10.2 Å². The lowest BCUT2D eigenvalue weighted by Gasteiger charge is -2.33. The Morgan fingerprint density at radius 2 is 1.84 bits per heavy atom. The highest BCUT2D eigenvalue weighted by Gasteiger charge is 2.30. The summed E-state index contributed by atoms with van der Waals surface area (Å²) >= 11 is 14.0. The van der Waals surface area contributed by atoms with Gasteiger partial charge in [0.05, 0.1) is 5.75 Å². The van der Waals surface area contributed by atoms with E-state index < -0.39 is 11.6 Å². The summed E-state index contributed by atoms with van der Waals surface area (Å²) < 4.78 is 0. The molecule has 0 radical (unpaired) electrons. The summed E-state index contributed by atoms with van der Waals surface area (Å²) in [4.78, 5) is 28.0. The van der Waals surface area contributed by atoms with Gasteiger partial charge in [-0.05, 0) is 57.4 Å². The molecule has 32 heavy (non-hydrogen) atoms. The molecule has 2 rings (SSSR count). The summed E-state index contributed by atoms with van der Waals surface area (Å²) in [7, 11) is 0. The molecule has 7 heteroatoms. The summed E-state index contributed by atoms with van der Waals surface area (Å²) in [5, 5.41) is 4.02. The van der Waals surface area contributed by atoms with E-state index in [-0.39, 0.29) is 24.1 Å². The van der Waals surface area contributed by atoms with Crippen LogP contribution in [0.3, 0.4) is 0 Å². The van der Waals surface area contributed by atoms with Gasteiger partial charge in [-0.15, -0.1) is 11.8 Å². The van der Waals surface area contributed by atoms with Crippen molar-refractivity contribution >= 4 is 46.8 Å². The molecule has 0 spiro atoms. The van der Waals surface area contributed by atoms with Gasteiger partial charge in [0.15, 0.2) is 0 Å². The molecule has 4 nitrogen and oxygen atoms in total. The number of hydrogen-bond donors (Lipinski definition) is 1. The maximum atomic E-state index is 13.3. The third-order valence-corrected chi connectivity index (χ3v) is 6.39. The van der Waals surface area contributed by atoms with Crippen molar-refractivity contribution in [2.75, 3.05) is 5.75 Å². The lowest BCUT2D eigenvalue weighted by molar-refractivity contribution is -0.140. The Bertz CT molecular complexity index is 944. The van der Waals surface area contributed by atoms with E-state index in [4.69, 9.17) is 23.2 Å². The number of carbonyl (C=O) groups excluding carboxylic acids is 2. The van der Waals surface area contributed by atoms with Crippen LogP contribution < -0.4 is 5.32 Å². The molecule has 1 unspecified atom stereocenters. The molecule has 0 aromatic heterocycles. The number of rotatable bonds is 9. The first-order valence-corrected chi connectivity index (χ1v) is 12.6. The number of thioether (sulfide) groups is 1. The lowest BCUT2D eigenvalue weighted by Crippen LogP contribution is -2.53. The summed E-state index contributed by atoms with van der Waals surface area (Å²) in [6.45, 7) is 10.00. The first-order chi connectivity index (χ1) is 15.0. The maximum absolute atomic E-state index is 13.3. The Labute approximate surface area is 206 Å². The molecule has 0 aliphatic carbocycles. The number of benzene rings is 2. The Morgan fingerprint density at radius 3 is 2.44 bits per heavy atom. The average molecular weight is 496 g/mol. The van der Waals surface area contributed by atoms with Crippen LogP contribution in [0.25, 0.3) is 0 Å². The molecule has 0 saturated carbocycles. The molecular formula is C25H32Cl2N2O2S. The zero-order valence-electron chi connectivity index (χ0n) is 19.4. The molecule has 2 aromatic rings. The quantitative estimate of drug-likeness (QED) is 0.447. The van der Waals surface area contributed by atoms with Gasteiger partial charge in [0.25, 0.3) is 0 Å². The van der Waals surface area contributed by atoms with Crippen molar-refractivity contribution in [1.29, 1.82) is 0 Å². The molecule has 0 aliphatic rings. The molecule has 1 N–H and O–H groups in total. The highest BCUT2D eigenvalue weighted by Crippen LogP contribution is 2.25. The fourth-order valence-electron chi connectivity index (χ4n) is 3.35. The molecule has 0 saturated heterocycles. The number of carbonyl (C=O) groups is 2. The molecule has 0 heterocycles. The van der Waals surface area contributed by atoms with Crippen LogP contribution in [0.1, 0.15) is 50.8 Å². The highest BCUT2D eigenvalue weighted by atomic mass is 35.5. The number of hydrogen-bond acceptors (Lipinski definition) is 3. The molecule has 2 amide bonds. The zero-order chi connectivity index (χ0) is 23.9. The summed E-state index contributed by atoms with van der Waals surface area (Å²) in [5.41, 5.74) is 2.73. The van der Waals surface area contributed by atoms with Crippen molar-refractivity contribution in [1.82, 2.24) is 10.2 Å². The van der Waals surface area contributed by atoms with Gasteiger partial charge in [0, 0.05) is 27.9 Å². The third-order valence-electron chi connectivity index (χ3n) is 4.82. The predicted octanol–water partition coefficient (Wildman–Crippen LogP) is 6.26. The van der Waals surface area contributed by atoms with Crippen LogP contribution in [0.15, 0.2) is 42.5 Å². The van der Waals surface area contributed by atoms with Gasteiger partial charge in [-0.2, -0.15) is 0 Å². The first-order valence-electron chi connectivity index (χ1n) is 10.7. The minimum Gasteiger partial charge on any atom is -0.350 e. The van der Waals surface area contributed by atoms with Gasteiger partial charge in [-0.25, -0.2) is 0 Å². The summed E-state index contributed by atoms with van der Waals surface area (Å²) in [6, 6.07) is 12.9. The van der Waals surface area contributed by atoms with E-state index in [9.17, 15) is 9.59 Å². The molecule has 0 fully saturated rings. The normalized spacial score (nSPS) is 12.3. The molecular weight excluding hydrogens is 463 g/mol. The van der Waals surface area contributed by atoms with Crippen LogP contribution in [-0.4, -0.2) is 34.0 Å². The Kier molecular flexibility index (Phi) is 9.93. The van der Waals surface area contributed by atoms with E-state index >= 15 is 0 Å². The average Bonchev–Trinajstić information content (AvgIpc) is 2.68. The second-order valence-electron chi connectivity index (χ2n) is 8.90. The van der Waals surface area contributed by atoms with Gasteiger partial charge in [-0.3, -0.25) is 9.59 Å². The molecule has 0 aliphatic heterocycles. The predicted molar refractivity (Wildman–Crippen MR) is 136 cm³/mol. The molecule has 2 aromatic carbocycles. The Balaban J connectivity index is 2.20. The van der Waals surface area contributed by atoms with Crippen LogP contribution in [0.5, 0.6) is 0 Å². The van der Waals surface area contributed by atoms with E-state index in [1.165, 1.54) is 11.1 Å². The zero-order valence-corrected chi connectivity index (χ0v) is 21.7. The van der Waals surface area contributed by atoms with Crippen molar-refractivity contribution in [3.8, 4) is 0 Å². The topological polar surface area (TPSA) is 49.4 Å². The van der Waals surface area contributed by atoms with Crippen LogP contribution in [0.2, 0.25) is 10.0 Å². The van der Waals surface area contributed by atoms with Gasteiger partial charge in [0.2, 0.25) is 11.8 Å². The smallest absolute Gasteiger partial charge is 0.243 e. The second kappa shape index (κ2) is 12.0. The maximum Gasteiger partial charge on any atom is 0.243 e. The van der Waals surface area contributed by atoms with Crippen molar-refractivity contribution in [3.63, 3.8) is 0 Å². The Morgan fingerprint density at radius 1 is 1.12 bits per heavy atom. The van der Waals surface area contributed by atoms with Gasteiger partial charge in [-0.1, -0.05) is 66.0 Å². The van der Waals surface area contributed by atoms with Crippen LogP contribution in [0.4, 0.5) is 0 Å². The Hall–Kier alpha value is -1.69. The molecule has 174 valence electrons. The van der Waals surface area contributed by atoms with Crippen molar-refractivity contribution in [3.05, 3.63) is 69.2 Å². The van der Waals surface area contributed by atoms with Crippen LogP contribution in [0, 0.1) is 6.92 Å². The van der Waals surface area contributed by atoms with Crippen molar-refractivity contribution in [2.45, 2.75) is 64.9 Å². The largest absolute Gasteiger partial charge is 0.350 e. The molecule has 0 bridgehead atoms. The fraction of sp³-hybridized carbons (Fsp3) is 0.440. The number of aryl methyl sites for hydroxylation is 1. The number of halogens is 2. The van der Waals surface area contributed by atoms with E-state index in [1.807, 2.05) is 33.8 Å². The third kappa shape index (κ3) is 8.34. The number of nitrogens with zero attached hydrogens (tertiary/aromatic N) is 1. The van der Waals surface area contributed by atoms with Crippen molar-refractivity contribution < 1.29 is 9.59 Å². The fourth-order valence-corrected chi connectivity index (χ4v) is 4.67. The number of nitrogens with one attached hydrogen (secondary N) is 1. The first kappa shape index (κ1) is 26.6. The summed E-state index contributed by atoms with van der Waals surface area (Å²) in [5.74, 6) is 0.749. The minimum absolute atomic E-state index is 0.0930. The standard InChI is InChI=1S/C25H32Cl2N2O2S/c1-6-22(24(31)28-25(3,4)5)29(14-19-10-11-20(26)13-21(19)27)23(30)16-32-15-18-9-7-8-17(2)12-18/h7-13,22H,6,14-16H2,1-5H3,(H,28,31). The van der Waals surface area contributed by atoms with Gasteiger partial charge in [0.1, 0.15) is 6.04 Å². The van der Waals surface area contributed by atoms with Crippen LogP contribution >= 0.6 is 35.0 Å². The van der Waals surface area contributed by atoms with Gasteiger partial charge >= 0.3 is 0 Å². The highest BCUT2D eigenvalue weighted by molar-refractivity contribution is 7.99. The number of amides is 2. The van der Waals surface area contributed by atoms with E-state index in [0.29, 0.717) is 16.5 Å². The van der Waals surface area contributed by atoms with E-state index in [2.05, 4.69) is 30.4 Å². The SMILES string of the molecule is CCC(C(=O)NC(C)(C)C)N(Cc1ccc(Cl)cc1Cl)C(=O)CSCc1cccc(C)c1. The van der Waals surface area contributed by atoms with E-state index in [1.54, 1.807) is 34.9 Å². The van der Waals surface area contributed by atoms with Crippen molar-refractivity contribution in [2.24, 2.45) is 0 Å². The minimum atomic E-state index is -0.590. The summed E-state index contributed by atoms with van der Waals surface area (Å²) in [6.07, 6.45) is 0.501. The molecule has 1 atom stereocenters.